The van der Waals surface area contributed by atoms with E-state index in [1.807, 2.05) is 13.0 Å². The molecule has 0 saturated carbocycles. The third kappa shape index (κ3) is 2.66. The highest BCUT2D eigenvalue weighted by Crippen LogP contribution is 2.25. The van der Waals surface area contributed by atoms with Gasteiger partial charge in [0.15, 0.2) is 0 Å². The minimum Gasteiger partial charge on any atom is -0.506 e. The number of aryl methyl sites for hydroxylation is 2. The van der Waals surface area contributed by atoms with Gasteiger partial charge in [-0.15, -0.1) is 0 Å². The van der Waals surface area contributed by atoms with Crippen LogP contribution in [0, 0.1) is 12.8 Å². The summed E-state index contributed by atoms with van der Waals surface area (Å²) in [4.78, 5) is 0. The number of nitrogen functional groups attached to an aromatic ring is 1. The number of rotatable bonds is 3. The van der Waals surface area contributed by atoms with E-state index in [4.69, 9.17) is 5.73 Å². The Morgan fingerprint density at radius 1 is 1.36 bits per heavy atom. The molecule has 0 atom stereocenters. The highest BCUT2D eigenvalue weighted by molar-refractivity contribution is 5.55. The Morgan fingerprint density at radius 3 is 2.57 bits per heavy atom. The standard InChI is InChI=1S/C12H19NO/c1-8(2)4-5-10-7-11(13)12(14)6-9(10)3/h6-8,14H,4-5,13H2,1-3H3. The van der Waals surface area contributed by atoms with Gasteiger partial charge in [0.1, 0.15) is 5.75 Å². The second-order valence-corrected chi connectivity index (χ2v) is 4.27. The summed E-state index contributed by atoms with van der Waals surface area (Å²) >= 11 is 0. The summed E-state index contributed by atoms with van der Waals surface area (Å²) in [5.74, 6) is 0.889. The average molecular weight is 193 g/mol. The van der Waals surface area contributed by atoms with Gasteiger partial charge in [-0.2, -0.15) is 0 Å². The van der Waals surface area contributed by atoms with Crippen LogP contribution in [-0.4, -0.2) is 5.11 Å². The number of aromatic hydroxyl groups is 1. The first kappa shape index (κ1) is 10.9. The third-order valence-corrected chi connectivity index (χ3v) is 2.48. The molecule has 78 valence electrons. The van der Waals surface area contributed by atoms with Gasteiger partial charge in [-0.05, 0) is 48.9 Å². The minimum atomic E-state index is 0.191. The maximum absolute atomic E-state index is 9.38. The van der Waals surface area contributed by atoms with Crippen LogP contribution in [0.4, 0.5) is 5.69 Å². The smallest absolute Gasteiger partial charge is 0.138 e. The lowest BCUT2D eigenvalue weighted by Crippen LogP contribution is -1.97. The first-order chi connectivity index (χ1) is 6.50. The van der Waals surface area contributed by atoms with Crippen molar-refractivity contribution in [1.82, 2.24) is 0 Å². The van der Waals surface area contributed by atoms with Crippen LogP contribution < -0.4 is 5.73 Å². The van der Waals surface area contributed by atoms with E-state index >= 15 is 0 Å². The number of phenols is 1. The number of hydrogen-bond acceptors (Lipinski definition) is 2. The fraction of sp³-hybridized carbons (Fsp3) is 0.500. The number of benzene rings is 1. The van der Waals surface area contributed by atoms with Crippen LogP contribution in [0.3, 0.4) is 0 Å². The Morgan fingerprint density at radius 2 is 2.00 bits per heavy atom. The monoisotopic (exact) mass is 193 g/mol. The molecule has 0 amide bonds. The van der Waals surface area contributed by atoms with E-state index in [1.165, 1.54) is 5.56 Å². The molecule has 1 rings (SSSR count). The van der Waals surface area contributed by atoms with Gasteiger partial charge in [0.05, 0.1) is 5.69 Å². The summed E-state index contributed by atoms with van der Waals surface area (Å²) in [6.07, 6.45) is 2.19. The molecule has 3 N–H and O–H groups in total. The molecule has 0 aliphatic rings. The molecular weight excluding hydrogens is 174 g/mol. The summed E-state index contributed by atoms with van der Waals surface area (Å²) in [7, 11) is 0. The zero-order valence-electron chi connectivity index (χ0n) is 9.17. The Labute approximate surface area is 85.8 Å². The van der Waals surface area contributed by atoms with Crippen molar-refractivity contribution in [2.45, 2.75) is 33.6 Å². The molecule has 0 aliphatic heterocycles. The quantitative estimate of drug-likeness (QED) is 0.572. The molecule has 1 aromatic rings. The lowest BCUT2D eigenvalue weighted by atomic mass is 9.98. The topological polar surface area (TPSA) is 46.2 Å². The van der Waals surface area contributed by atoms with Crippen LogP contribution in [-0.2, 0) is 6.42 Å². The molecule has 0 bridgehead atoms. The zero-order chi connectivity index (χ0) is 10.7. The van der Waals surface area contributed by atoms with Crippen molar-refractivity contribution in [3.05, 3.63) is 23.3 Å². The van der Waals surface area contributed by atoms with Crippen LogP contribution >= 0.6 is 0 Å². The number of anilines is 1. The molecule has 1 aromatic carbocycles. The number of phenolic OH excluding ortho intramolecular Hbond substituents is 1. The largest absolute Gasteiger partial charge is 0.506 e. The van der Waals surface area contributed by atoms with Gasteiger partial charge in [-0.25, -0.2) is 0 Å². The van der Waals surface area contributed by atoms with Crippen molar-refractivity contribution < 1.29 is 5.11 Å². The predicted molar refractivity (Wildman–Crippen MR) is 60.4 cm³/mol. The Balaban J connectivity index is 2.82. The van der Waals surface area contributed by atoms with Gasteiger partial charge in [-0.3, -0.25) is 0 Å². The van der Waals surface area contributed by atoms with Crippen molar-refractivity contribution in [1.29, 1.82) is 0 Å². The summed E-state index contributed by atoms with van der Waals surface area (Å²) in [6.45, 7) is 6.42. The summed E-state index contributed by atoms with van der Waals surface area (Å²) in [6, 6.07) is 3.62. The third-order valence-electron chi connectivity index (χ3n) is 2.48. The van der Waals surface area contributed by atoms with Gasteiger partial charge in [0, 0.05) is 0 Å². The van der Waals surface area contributed by atoms with Crippen molar-refractivity contribution in [3.63, 3.8) is 0 Å². The molecule has 0 saturated heterocycles. The fourth-order valence-electron chi connectivity index (χ4n) is 1.47. The maximum atomic E-state index is 9.38. The summed E-state index contributed by atoms with van der Waals surface area (Å²) in [5, 5.41) is 9.38. The van der Waals surface area contributed by atoms with E-state index in [1.54, 1.807) is 6.07 Å². The fourth-order valence-corrected chi connectivity index (χ4v) is 1.47. The Bertz CT molecular complexity index is 318. The SMILES string of the molecule is Cc1cc(O)c(N)cc1CCC(C)C. The molecule has 0 spiro atoms. The highest BCUT2D eigenvalue weighted by Gasteiger charge is 2.04. The number of nitrogens with two attached hydrogens (primary N) is 1. The zero-order valence-corrected chi connectivity index (χ0v) is 9.17. The molecular formula is C12H19NO. The molecule has 0 unspecified atom stereocenters. The second kappa shape index (κ2) is 4.36. The normalized spacial score (nSPS) is 10.9. The molecule has 2 heteroatoms. The minimum absolute atomic E-state index is 0.191. The molecule has 0 aliphatic carbocycles. The molecule has 0 heterocycles. The second-order valence-electron chi connectivity index (χ2n) is 4.27. The first-order valence-corrected chi connectivity index (χ1v) is 5.08. The Hall–Kier alpha value is -1.18. The summed E-state index contributed by atoms with van der Waals surface area (Å²) < 4.78 is 0. The maximum Gasteiger partial charge on any atom is 0.138 e. The van der Waals surface area contributed by atoms with Crippen molar-refractivity contribution in [2.75, 3.05) is 5.73 Å². The Kier molecular flexibility index (Phi) is 3.39. The van der Waals surface area contributed by atoms with Crippen LogP contribution in [0.25, 0.3) is 0 Å². The van der Waals surface area contributed by atoms with Crippen LogP contribution in [0.15, 0.2) is 12.1 Å². The molecule has 0 radical (unpaired) electrons. The van der Waals surface area contributed by atoms with Gasteiger partial charge in [0.2, 0.25) is 0 Å². The van der Waals surface area contributed by atoms with Crippen LogP contribution in [0.1, 0.15) is 31.4 Å². The molecule has 0 fully saturated rings. The van der Waals surface area contributed by atoms with E-state index in [9.17, 15) is 5.11 Å². The van der Waals surface area contributed by atoms with Crippen LogP contribution in [0.2, 0.25) is 0 Å². The lowest BCUT2D eigenvalue weighted by Gasteiger charge is -2.10. The van der Waals surface area contributed by atoms with Gasteiger partial charge in [0.25, 0.3) is 0 Å². The highest BCUT2D eigenvalue weighted by atomic mass is 16.3. The van der Waals surface area contributed by atoms with E-state index in [2.05, 4.69) is 13.8 Å². The molecule has 14 heavy (non-hydrogen) atoms. The van der Waals surface area contributed by atoms with Gasteiger partial charge >= 0.3 is 0 Å². The van der Waals surface area contributed by atoms with E-state index in [0.29, 0.717) is 11.6 Å². The predicted octanol–water partition coefficient (Wildman–Crippen LogP) is 2.87. The first-order valence-electron chi connectivity index (χ1n) is 5.08. The number of hydrogen-bond donors (Lipinski definition) is 2. The van der Waals surface area contributed by atoms with Crippen LogP contribution in [0.5, 0.6) is 5.75 Å². The van der Waals surface area contributed by atoms with Gasteiger partial charge in [-0.1, -0.05) is 13.8 Å². The lowest BCUT2D eigenvalue weighted by molar-refractivity contribution is 0.477. The van der Waals surface area contributed by atoms with Gasteiger partial charge < -0.3 is 10.8 Å². The summed E-state index contributed by atoms with van der Waals surface area (Å²) in [5.41, 5.74) is 8.49. The molecule has 0 aromatic heterocycles. The molecule has 2 nitrogen and oxygen atoms in total. The van der Waals surface area contributed by atoms with Crippen molar-refractivity contribution in [3.8, 4) is 5.75 Å². The van der Waals surface area contributed by atoms with E-state index in [0.717, 1.165) is 18.4 Å². The average Bonchev–Trinajstić information content (AvgIpc) is 2.09. The van der Waals surface area contributed by atoms with E-state index in [-0.39, 0.29) is 5.75 Å². The van der Waals surface area contributed by atoms with E-state index < -0.39 is 0 Å². The van der Waals surface area contributed by atoms with Crippen molar-refractivity contribution >= 4 is 5.69 Å². The van der Waals surface area contributed by atoms with Crippen molar-refractivity contribution in [2.24, 2.45) is 5.92 Å².